The summed E-state index contributed by atoms with van der Waals surface area (Å²) in [6, 6.07) is 4.19. The summed E-state index contributed by atoms with van der Waals surface area (Å²) in [6.07, 6.45) is 0.568. The van der Waals surface area contributed by atoms with E-state index in [1.165, 1.54) is 11.1 Å². The quantitative estimate of drug-likeness (QED) is 0.637. The van der Waals surface area contributed by atoms with Crippen molar-refractivity contribution in [1.29, 1.82) is 0 Å². The monoisotopic (exact) mass is 333 g/mol. The molecule has 0 bridgehead atoms. The van der Waals surface area contributed by atoms with E-state index in [9.17, 15) is 4.79 Å². The zero-order valence-corrected chi connectivity index (χ0v) is 16.9. The number of anilines is 1. The second-order valence-corrected chi connectivity index (χ2v) is 7.88. The van der Waals surface area contributed by atoms with Gasteiger partial charge in [0.1, 0.15) is 5.75 Å². The van der Waals surface area contributed by atoms with E-state index in [-0.39, 0.29) is 11.9 Å². The average molecular weight is 334 g/mol. The van der Waals surface area contributed by atoms with Crippen LogP contribution in [0.4, 0.5) is 5.69 Å². The summed E-state index contributed by atoms with van der Waals surface area (Å²) in [5, 5.41) is 0. The molecule has 0 spiro atoms. The molecule has 1 amide bonds. The molecule has 0 atom stereocenters. The fraction of sp³-hybridized carbons (Fsp3) is 0.667. The van der Waals surface area contributed by atoms with E-state index in [0.29, 0.717) is 24.2 Å². The lowest BCUT2D eigenvalue weighted by Crippen LogP contribution is -2.38. The molecule has 0 aromatic heterocycles. The van der Waals surface area contributed by atoms with Crippen LogP contribution in [0, 0.1) is 5.92 Å². The lowest BCUT2D eigenvalue weighted by atomic mass is 9.87. The van der Waals surface area contributed by atoms with Crippen LogP contribution in [0.3, 0.4) is 0 Å². The zero-order valence-electron chi connectivity index (χ0n) is 16.9. The molecule has 136 valence electrons. The summed E-state index contributed by atoms with van der Waals surface area (Å²) in [5.41, 5.74) is 3.48. The third kappa shape index (κ3) is 4.52. The van der Waals surface area contributed by atoms with Gasteiger partial charge >= 0.3 is 0 Å². The van der Waals surface area contributed by atoms with Crippen LogP contribution in [-0.4, -0.2) is 19.1 Å². The molecule has 0 saturated heterocycles. The molecule has 1 rings (SSSR count). The lowest BCUT2D eigenvalue weighted by molar-refractivity contribution is -0.119. The minimum atomic E-state index is 0.127. The van der Waals surface area contributed by atoms with Gasteiger partial charge in [-0.15, -0.1) is 0 Å². The van der Waals surface area contributed by atoms with Crippen LogP contribution >= 0.6 is 0 Å². The Morgan fingerprint density at radius 2 is 1.50 bits per heavy atom. The van der Waals surface area contributed by atoms with Crippen molar-refractivity contribution < 1.29 is 9.53 Å². The predicted molar refractivity (Wildman–Crippen MR) is 103 cm³/mol. The average Bonchev–Trinajstić information content (AvgIpc) is 2.44. The molecule has 1 aromatic carbocycles. The lowest BCUT2D eigenvalue weighted by Gasteiger charge is -2.33. The number of carbonyl (C=O) groups excluding carboxylic acids is 1. The molecule has 0 unspecified atom stereocenters. The number of benzene rings is 1. The number of carbonyl (C=O) groups is 1. The normalized spacial score (nSPS) is 11.7. The van der Waals surface area contributed by atoms with E-state index in [1.54, 1.807) is 7.11 Å². The Morgan fingerprint density at radius 1 is 0.958 bits per heavy atom. The highest BCUT2D eigenvalue weighted by molar-refractivity contribution is 5.95. The molecule has 0 aliphatic rings. The Hall–Kier alpha value is -1.51. The molecule has 0 saturated carbocycles. The van der Waals surface area contributed by atoms with Gasteiger partial charge in [-0.1, -0.05) is 41.5 Å². The van der Waals surface area contributed by atoms with Gasteiger partial charge < -0.3 is 9.64 Å². The highest BCUT2D eigenvalue weighted by Gasteiger charge is 2.27. The number of ether oxygens (including phenoxy) is 1. The van der Waals surface area contributed by atoms with Crippen LogP contribution in [0.2, 0.25) is 0 Å². The van der Waals surface area contributed by atoms with Gasteiger partial charge in [-0.25, -0.2) is 0 Å². The molecule has 3 nitrogen and oxygen atoms in total. The van der Waals surface area contributed by atoms with Crippen LogP contribution in [0.5, 0.6) is 5.75 Å². The second kappa shape index (κ2) is 8.55. The Morgan fingerprint density at radius 3 is 1.88 bits per heavy atom. The van der Waals surface area contributed by atoms with Crippen LogP contribution < -0.4 is 9.64 Å². The molecule has 3 heteroatoms. The molecule has 24 heavy (non-hydrogen) atoms. The van der Waals surface area contributed by atoms with E-state index in [1.807, 2.05) is 11.0 Å². The third-order valence-corrected chi connectivity index (χ3v) is 4.23. The summed E-state index contributed by atoms with van der Waals surface area (Å²) in [5.74, 6) is 2.12. The summed E-state index contributed by atoms with van der Waals surface area (Å²) in [7, 11) is 1.72. The minimum absolute atomic E-state index is 0.127. The van der Waals surface area contributed by atoms with Crippen molar-refractivity contribution >= 4 is 11.6 Å². The molecule has 0 aliphatic carbocycles. The van der Waals surface area contributed by atoms with Crippen molar-refractivity contribution in [2.45, 2.75) is 79.7 Å². The van der Waals surface area contributed by atoms with Crippen molar-refractivity contribution in [3.05, 3.63) is 23.3 Å². The number of amides is 1. The maximum Gasteiger partial charge on any atom is 0.227 e. The van der Waals surface area contributed by atoms with Gasteiger partial charge in [0, 0.05) is 23.7 Å². The first-order valence-electron chi connectivity index (χ1n) is 9.14. The summed E-state index contributed by atoms with van der Waals surface area (Å²) >= 11 is 0. The van der Waals surface area contributed by atoms with Crippen molar-refractivity contribution in [1.82, 2.24) is 0 Å². The maximum absolute atomic E-state index is 12.9. The van der Waals surface area contributed by atoms with Gasteiger partial charge in [0.25, 0.3) is 0 Å². The van der Waals surface area contributed by atoms with Gasteiger partial charge in [-0.3, -0.25) is 4.79 Å². The fourth-order valence-electron chi connectivity index (χ4n) is 3.34. The zero-order chi connectivity index (χ0) is 18.6. The number of hydrogen-bond donors (Lipinski definition) is 0. The topological polar surface area (TPSA) is 29.5 Å². The van der Waals surface area contributed by atoms with Gasteiger partial charge in [-0.2, -0.15) is 0 Å². The molecule has 0 fully saturated rings. The predicted octanol–water partition coefficient (Wildman–Crippen LogP) is 5.73. The standard InChI is InChI=1S/C21H35NO2/c1-13(2)12-19(23)22(16(7)8)17-10-11-18(24-9)21(15(5)6)20(17)14(3)4/h10-11,13-16H,12H2,1-9H3. The van der Waals surface area contributed by atoms with Crippen LogP contribution in [0.1, 0.15) is 84.8 Å². The highest BCUT2D eigenvalue weighted by atomic mass is 16.5. The molecule has 0 aliphatic heterocycles. The van der Waals surface area contributed by atoms with Gasteiger partial charge in [0.15, 0.2) is 0 Å². The minimum Gasteiger partial charge on any atom is -0.496 e. The van der Waals surface area contributed by atoms with Crippen LogP contribution in [-0.2, 0) is 4.79 Å². The first-order valence-corrected chi connectivity index (χ1v) is 9.14. The Labute approximate surface area is 148 Å². The first-order chi connectivity index (χ1) is 11.1. The number of rotatable bonds is 7. The largest absolute Gasteiger partial charge is 0.496 e. The van der Waals surface area contributed by atoms with Gasteiger partial charge in [0.05, 0.1) is 7.11 Å². The Bertz CT molecular complexity index is 559. The maximum atomic E-state index is 12.9. The number of hydrogen-bond acceptors (Lipinski definition) is 2. The Balaban J connectivity index is 3.60. The SMILES string of the molecule is COc1ccc(N(C(=O)CC(C)C)C(C)C)c(C(C)C)c1C(C)C. The van der Waals surface area contributed by atoms with E-state index < -0.39 is 0 Å². The van der Waals surface area contributed by atoms with Crippen LogP contribution in [0.25, 0.3) is 0 Å². The van der Waals surface area contributed by atoms with Crippen molar-refractivity contribution in [2.24, 2.45) is 5.92 Å². The fourth-order valence-corrected chi connectivity index (χ4v) is 3.34. The highest BCUT2D eigenvalue weighted by Crippen LogP contribution is 2.41. The third-order valence-electron chi connectivity index (χ3n) is 4.23. The molecular weight excluding hydrogens is 298 g/mol. The smallest absolute Gasteiger partial charge is 0.227 e. The molecule has 1 aromatic rings. The number of methoxy groups -OCH3 is 1. The summed E-state index contributed by atoms with van der Waals surface area (Å²) in [6.45, 7) is 17.1. The van der Waals surface area contributed by atoms with Gasteiger partial charge in [0.2, 0.25) is 5.91 Å². The summed E-state index contributed by atoms with van der Waals surface area (Å²) in [4.78, 5) is 14.9. The Kier molecular flexibility index (Phi) is 7.31. The van der Waals surface area contributed by atoms with Crippen LogP contribution in [0.15, 0.2) is 12.1 Å². The van der Waals surface area contributed by atoms with E-state index in [2.05, 4.69) is 61.5 Å². The molecular formula is C21H35NO2. The summed E-state index contributed by atoms with van der Waals surface area (Å²) < 4.78 is 5.61. The van der Waals surface area contributed by atoms with Gasteiger partial charge in [-0.05, 0) is 49.3 Å². The molecule has 0 N–H and O–H groups in total. The van der Waals surface area contributed by atoms with Crippen molar-refractivity contribution in [2.75, 3.05) is 12.0 Å². The second-order valence-electron chi connectivity index (χ2n) is 7.88. The number of nitrogens with zero attached hydrogens (tertiary/aromatic N) is 1. The van der Waals surface area contributed by atoms with Crippen molar-refractivity contribution in [3.63, 3.8) is 0 Å². The molecule has 0 heterocycles. The van der Waals surface area contributed by atoms with E-state index in [4.69, 9.17) is 4.74 Å². The molecule has 0 radical (unpaired) electrons. The first kappa shape index (κ1) is 20.5. The van der Waals surface area contributed by atoms with E-state index in [0.717, 1.165) is 11.4 Å². The van der Waals surface area contributed by atoms with Crippen molar-refractivity contribution in [3.8, 4) is 5.75 Å². The van der Waals surface area contributed by atoms with E-state index >= 15 is 0 Å².